The third-order valence-electron chi connectivity index (χ3n) is 6.96. The lowest BCUT2D eigenvalue weighted by molar-refractivity contribution is -0.633. The number of fused-ring (bicyclic) bond motifs is 3. The SMILES string of the molecule is Cc1cc2cc(C(C)C)cc3c2c(c1C)-c1c(cc2c(C(C)(C)C)cccc2[n+]1C)O3. The van der Waals surface area contributed by atoms with Crippen LogP contribution in [0.1, 0.15) is 62.8 Å². The molecule has 2 heterocycles. The summed E-state index contributed by atoms with van der Waals surface area (Å²) in [6, 6.07) is 15.8. The molecule has 0 amide bonds. The van der Waals surface area contributed by atoms with Crippen molar-refractivity contribution < 1.29 is 9.30 Å². The van der Waals surface area contributed by atoms with Gasteiger partial charge >= 0.3 is 0 Å². The predicted molar refractivity (Wildman–Crippen MR) is 130 cm³/mol. The van der Waals surface area contributed by atoms with Gasteiger partial charge in [0.1, 0.15) is 12.8 Å². The smallest absolute Gasteiger partial charge is 0.256 e. The van der Waals surface area contributed by atoms with E-state index in [1.54, 1.807) is 0 Å². The van der Waals surface area contributed by atoms with Crippen LogP contribution in [0.5, 0.6) is 11.5 Å². The molecule has 158 valence electrons. The van der Waals surface area contributed by atoms with Gasteiger partial charge in [0.15, 0.2) is 5.75 Å². The minimum Gasteiger partial charge on any atom is -0.450 e. The van der Waals surface area contributed by atoms with Gasteiger partial charge in [-0.05, 0) is 58.9 Å². The van der Waals surface area contributed by atoms with E-state index in [0.29, 0.717) is 5.92 Å². The second-order valence-electron chi connectivity index (χ2n) is 10.5. The van der Waals surface area contributed by atoms with Gasteiger partial charge in [-0.15, -0.1) is 0 Å². The van der Waals surface area contributed by atoms with Crippen LogP contribution >= 0.6 is 0 Å². The highest BCUT2D eigenvalue weighted by Gasteiger charge is 2.33. The fraction of sp³-hybridized carbons (Fsp3) is 0.345. The summed E-state index contributed by atoms with van der Waals surface area (Å²) < 4.78 is 9.00. The van der Waals surface area contributed by atoms with E-state index in [1.165, 1.54) is 55.2 Å². The Morgan fingerprint density at radius 1 is 0.935 bits per heavy atom. The van der Waals surface area contributed by atoms with Crippen molar-refractivity contribution in [1.82, 2.24) is 0 Å². The Morgan fingerprint density at radius 2 is 1.68 bits per heavy atom. The highest BCUT2D eigenvalue weighted by Crippen LogP contribution is 2.49. The molecule has 0 aliphatic carbocycles. The molecule has 2 nitrogen and oxygen atoms in total. The van der Waals surface area contributed by atoms with Crippen molar-refractivity contribution in [2.45, 2.75) is 59.8 Å². The highest BCUT2D eigenvalue weighted by molar-refractivity contribution is 6.05. The van der Waals surface area contributed by atoms with Crippen LogP contribution in [0.25, 0.3) is 32.9 Å². The molecule has 0 spiro atoms. The average Bonchev–Trinajstić information content (AvgIpc) is 2.69. The van der Waals surface area contributed by atoms with Crippen molar-refractivity contribution in [1.29, 1.82) is 0 Å². The zero-order valence-electron chi connectivity index (χ0n) is 20.0. The summed E-state index contributed by atoms with van der Waals surface area (Å²) in [5.74, 6) is 2.39. The van der Waals surface area contributed by atoms with E-state index < -0.39 is 0 Å². The quantitative estimate of drug-likeness (QED) is 0.259. The Morgan fingerprint density at radius 3 is 2.35 bits per heavy atom. The molecule has 2 heteroatoms. The van der Waals surface area contributed by atoms with Crippen LogP contribution in [0, 0.1) is 13.8 Å². The van der Waals surface area contributed by atoms with E-state index in [4.69, 9.17) is 4.74 Å². The summed E-state index contributed by atoms with van der Waals surface area (Å²) in [6.07, 6.45) is 0. The molecule has 31 heavy (non-hydrogen) atoms. The van der Waals surface area contributed by atoms with Crippen LogP contribution < -0.4 is 9.30 Å². The minimum absolute atomic E-state index is 0.0602. The van der Waals surface area contributed by atoms with Crippen molar-refractivity contribution in [2.75, 3.05) is 0 Å². The topological polar surface area (TPSA) is 13.1 Å². The number of hydrogen-bond acceptors (Lipinski definition) is 1. The number of benzene rings is 3. The molecule has 0 saturated heterocycles. The van der Waals surface area contributed by atoms with Gasteiger partial charge in [0, 0.05) is 17.5 Å². The van der Waals surface area contributed by atoms with Gasteiger partial charge in [-0.2, -0.15) is 4.57 Å². The van der Waals surface area contributed by atoms with Crippen LogP contribution in [0.4, 0.5) is 0 Å². The van der Waals surface area contributed by atoms with E-state index in [1.807, 2.05) is 0 Å². The fourth-order valence-corrected chi connectivity index (χ4v) is 5.10. The fourth-order valence-electron chi connectivity index (χ4n) is 5.10. The van der Waals surface area contributed by atoms with E-state index >= 15 is 0 Å². The van der Waals surface area contributed by atoms with Gasteiger partial charge in [0.25, 0.3) is 5.69 Å². The summed E-state index contributed by atoms with van der Waals surface area (Å²) in [4.78, 5) is 0. The first kappa shape index (κ1) is 20.1. The van der Waals surface area contributed by atoms with Crippen LogP contribution in [0.2, 0.25) is 0 Å². The number of aryl methyl sites for hydroxylation is 2. The van der Waals surface area contributed by atoms with Gasteiger partial charge < -0.3 is 4.74 Å². The normalized spacial score (nSPS) is 13.1. The second-order valence-corrected chi connectivity index (χ2v) is 10.5. The lowest BCUT2D eigenvalue weighted by Crippen LogP contribution is -2.34. The van der Waals surface area contributed by atoms with Gasteiger partial charge in [0.2, 0.25) is 5.52 Å². The molecule has 1 aromatic heterocycles. The molecule has 0 fully saturated rings. The largest absolute Gasteiger partial charge is 0.450 e. The van der Waals surface area contributed by atoms with Crippen molar-refractivity contribution in [3.05, 3.63) is 64.7 Å². The Bertz CT molecular complexity index is 1390. The first-order valence-electron chi connectivity index (χ1n) is 11.3. The van der Waals surface area contributed by atoms with E-state index in [2.05, 4.69) is 103 Å². The van der Waals surface area contributed by atoms with Crippen molar-refractivity contribution >= 4 is 21.7 Å². The number of rotatable bonds is 1. The van der Waals surface area contributed by atoms with Crippen LogP contribution in [-0.2, 0) is 12.5 Å². The average molecular weight is 411 g/mol. The number of pyridine rings is 1. The third kappa shape index (κ3) is 2.88. The summed E-state index contributed by atoms with van der Waals surface area (Å²) >= 11 is 0. The Kier molecular flexibility index (Phi) is 4.25. The van der Waals surface area contributed by atoms with Gasteiger partial charge in [0.05, 0.1) is 10.9 Å². The first-order chi connectivity index (χ1) is 14.6. The molecule has 0 atom stereocenters. The maximum Gasteiger partial charge on any atom is 0.256 e. The summed E-state index contributed by atoms with van der Waals surface area (Å²) in [5, 5.41) is 3.77. The van der Waals surface area contributed by atoms with Gasteiger partial charge in [-0.3, -0.25) is 0 Å². The second kappa shape index (κ2) is 6.56. The predicted octanol–water partition coefficient (Wildman–Crippen LogP) is 7.63. The van der Waals surface area contributed by atoms with Crippen molar-refractivity contribution in [3.63, 3.8) is 0 Å². The monoisotopic (exact) mass is 410 g/mol. The standard InChI is InChI=1S/C29H32NO/c1-16(2)19-13-20-12-17(3)18(4)26-27(20)24(14-19)31-25-15-21-22(29(5,6)7)10-9-11-23(21)30(8)28(25)26/h9-16H,1-8H3/q+1. The van der Waals surface area contributed by atoms with Crippen molar-refractivity contribution in [2.24, 2.45) is 7.05 Å². The molecule has 0 bridgehead atoms. The van der Waals surface area contributed by atoms with Crippen LogP contribution in [0.3, 0.4) is 0 Å². The summed E-state index contributed by atoms with van der Waals surface area (Å²) in [6.45, 7) is 15.8. The van der Waals surface area contributed by atoms with Gasteiger partial charge in [-0.1, -0.05) is 58.9 Å². The molecular weight excluding hydrogens is 378 g/mol. The molecule has 0 unspecified atom stereocenters. The first-order valence-corrected chi connectivity index (χ1v) is 11.3. The molecule has 1 aliphatic heterocycles. The lowest BCUT2D eigenvalue weighted by atomic mass is 9.83. The van der Waals surface area contributed by atoms with E-state index in [-0.39, 0.29) is 5.41 Å². The van der Waals surface area contributed by atoms with E-state index in [9.17, 15) is 0 Å². The number of ether oxygens (including phenoxy) is 1. The molecule has 1 aliphatic rings. The molecular formula is C29H32NO+. The zero-order valence-corrected chi connectivity index (χ0v) is 20.0. The molecule has 0 radical (unpaired) electrons. The molecule has 0 saturated carbocycles. The van der Waals surface area contributed by atoms with E-state index in [0.717, 1.165) is 11.5 Å². The Hall–Kier alpha value is -2.87. The van der Waals surface area contributed by atoms with Crippen molar-refractivity contribution in [3.8, 4) is 22.8 Å². The summed E-state index contributed by atoms with van der Waals surface area (Å²) in [7, 11) is 2.18. The van der Waals surface area contributed by atoms with Crippen LogP contribution in [-0.4, -0.2) is 0 Å². The number of nitrogens with zero attached hydrogens (tertiary/aromatic N) is 1. The van der Waals surface area contributed by atoms with Gasteiger partial charge in [-0.25, -0.2) is 0 Å². The lowest BCUT2D eigenvalue weighted by Gasteiger charge is -2.25. The molecule has 0 N–H and O–H groups in total. The maximum atomic E-state index is 6.67. The summed E-state index contributed by atoms with van der Waals surface area (Å²) in [5.41, 5.74) is 9.11. The Balaban J connectivity index is 1.94. The molecule has 3 aromatic carbocycles. The maximum absolute atomic E-state index is 6.67. The molecule has 5 rings (SSSR count). The van der Waals surface area contributed by atoms with Crippen LogP contribution in [0.15, 0.2) is 42.5 Å². The number of aromatic nitrogens is 1. The zero-order chi connectivity index (χ0) is 22.2. The highest BCUT2D eigenvalue weighted by atomic mass is 16.5. The third-order valence-corrected chi connectivity index (χ3v) is 6.96. The minimum atomic E-state index is 0.0602. The Labute approximate surface area is 185 Å². The number of hydrogen-bond donors (Lipinski definition) is 0. The molecule has 4 aromatic rings.